The number of carbonyl (C=O) groups is 1. The normalized spacial score (nSPS) is 15.1. The van der Waals surface area contributed by atoms with E-state index in [9.17, 15) is 18.0 Å². The summed E-state index contributed by atoms with van der Waals surface area (Å²) in [7, 11) is 0. The van der Waals surface area contributed by atoms with Crippen LogP contribution in [0.15, 0.2) is 29.3 Å². The summed E-state index contributed by atoms with van der Waals surface area (Å²) in [5.74, 6) is 0.585. The summed E-state index contributed by atoms with van der Waals surface area (Å²) in [6.07, 6.45) is -2.14. The first-order chi connectivity index (χ1) is 13.4. The number of para-hydroxylation sites is 1. The molecule has 1 aliphatic heterocycles. The first-order valence-electron chi connectivity index (χ1n) is 9.50. The fourth-order valence-electron chi connectivity index (χ4n) is 2.89. The Labute approximate surface area is 163 Å². The van der Waals surface area contributed by atoms with Gasteiger partial charge in [-0.15, -0.1) is 0 Å². The van der Waals surface area contributed by atoms with Gasteiger partial charge in [0.1, 0.15) is 12.4 Å². The number of aliphatic imine (C=N–C) groups is 1. The molecule has 156 valence electrons. The Balaban J connectivity index is 1.75. The van der Waals surface area contributed by atoms with Gasteiger partial charge in [0.25, 0.3) is 0 Å². The number of ether oxygens (including phenoxy) is 1. The fourth-order valence-corrected chi connectivity index (χ4v) is 2.89. The van der Waals surface area contributed by atoms with E-state index in [1.54, 1.807) is 0 Å². The van der Waals surface area contributed by atoms with E-state index < -0.39 is 11.7 Å². The van der Waals surface area contributed by atoms with Gasteiger partial charge in [-0.2, -0.15) is 13.2 Å². The molecule has 0 saturated carbocycles. The van der Waals surface area contributed by atoms with E-state index in [2.05, 4.69) is 15.6 Å². The van der Waals surface area contributed by atoms with Crippen LogP contribution in [0, 0.1) is 0 Å². The third-order valence-electron chi connectivity index (χ3n) is 4.22. The van der Waals surface area contributed by atoms with Crippen molar-refractivity contribution in [2.45, 2.75) is 32.4 Å². The highest BCUT2D eigenvalue weighted by Crippen LogP contribution is 2.35. The van der Waals surface area contributed by atoms with E-state index >= 15 is 0 Å². The minimum atomic E-state index is -4.45. The molecule has 0 spiro atoms. The van der Waals surface area contributed by atoms with Gasteiger partial charge >= 0.3 is 6.18 Å². The average molecular weight is 400 g/mol. The maximum absolute atomic E-state index is 12.9. The summed E-state index contributed by atoms with van der Waals surface area (Å²) >= 11 is 0. The van der Waals surface area contributed by atoms with E-state index in [-0.39, 0.29) is 18.3 Å². The number of carbonyl (C=O) groups excluding carboxylic acids is 1. The molecule has 1 fully saturated rings. The molecule has 0 atom stereocenters. The third kappa shape index (κ3) is 6.94. The van der Waals surface area contributed by atoms with Crippen LogP contribution in [0.4, 0.5) is 13.2 Å². The molecule has 0 radical (unpaired) electrons. The first-order valence-corrected chi connectivity index (χ1v) is 9.50. The number of rotatable bonds is 9. The summed E-state index contributed by atoms with van der Waals surface area (Å²) in [4.78, 5) is 17.8. The number of nitrogens with one attached hydrogen (secondary N) is 2. The summed E-state index contributed by atoms with van der Waals surface area (Å²) < 4.78 is 44.1. The molecule has 1 aromatic carbocycles. The zero-order chi connectivity index (χ0) is 20.4. The van der Waals surface area contributed by atoms with E-state index in [4.69, 9.17) is 4.74 Å². The number of alkyl halides is 3. The van der Waals surface area contributed by atoms with Crippen molar-refractivity contribution in [3.05, 3.63) is 29.8 Å². The Morgan fingerprint density at radius 3 is 2.75 bits per heavy atom. The lowest BCUT2D eigenvalue weighted by Crippen LogP contribution is -2.39. The molecule has 9 heteroatoms. The van der Waals surface area contributed by atoms with Crippen molar-refractivity contribution in [3.8, 4) is 5.75 Å². The van der Waals surface area contributed by atoms with Crippen molar-refractivity contribution in [2.75, 3.05) is 39.3 Å². The quantitative estimate of drug-likeness (QED) is 0.380. The number of likely N-dealkylation sites (tertiary alicyclic amines) is 1. The SMILES string of the molecule is CCNC(=NCCCN1CCCC1=O)NCCOc1ccccc1C(F)(F)F. The summed E-state index contributed by atoms with van der Waals surface area (Å²) in [6.45, 7) is 5.03. The predicted molar refractivity (Wildman–Crippen MR) is 101 cm³/mol. The first kappa shape index (κ1) is 21.8. The van der Waals surface area contributed by atoms with Gasteiger partial charge in [-0.3, -0.25) is 9.79 Å². The van der Waals surface area contributed by atoms with E-state index in [0.29, 0.717) is 38.6 Å². The lowest BCUT2D eigenvalue weighted by molar-refractivity contribution is -0.139. The molecule has 1 heterocycles. The van der Waals surface area contributed by atoms with Crippen LogP contribution in [-0.4, -0.2) is 56.1 Å². The van der Waals surface area contributed by atoms with Gasteiger partial charge in [-0.05, 0) is 31.9 Å². The number of guanidine groups is 1. The smallest absolute Gasteiger partial charge is 0.419 e. The second-order valence-corrected chi connectivity index (χ2v) is 6.37. The third-order valence-corrected chi connectivity index (χ3v) is 4.22. The molecule has 1 amide bonds. The molecule has 0 aliphatic carbocycles. The Hall–Kier alpha value is -2.45. The zero-order valence-electron chi connectivity index (χ0n) is 16.0. The molecule has 0 aromatic heterocycles. The molecular weight excluding hydrogens is 373 g/mol. The van der Waals surface area contributed by atoms with Gasteiger partial charge in [-0.25, -0.2) is 0 Å². The van der Waals surface area contributed by atoms with Gasteiger partial charge in [0.2, 0.25) is 5.91 Å². The van der Waals surface area contributed by atoms with Gasteiger partial charge in [-0.1, -0.05) is 12.1 Å². The molecule has 1 aliphatic rings. The van der Waals surface area contributed by atoms with Gasteiger partial charge in [0, 0.05) is 32.6 Å². The van der Waals surface area contributed by atoms with Crippen LogP contribution < -0.4 is 15.4 Å². The van der Waals surface area contributed by atoms with Crippen LogP contribution in [-0.2, 0) is 11.0 Å². The molecule has 0 unspecified atom stereocenters. The monoisotopic (exact) mass is 400 g/mol. The number of amides is 1. The minimum Gasteiger partial charge on any atom is -0.491 e. The highest BCUT2D eigenvalue weighted by Gasteiger charge is 2.33. The van der Waals surface area contributed by atoms with Crippen molar-refractivity contribution >= 4 is 11.9 Å². The Bertz CT molecular complexity index is 665. The number of benzene rings is 1. The largest absolute Gasteiger partial charge is 0.491 e. The summed E-state index contributed by atoms with van der Waals surface area (Å²) in [6, 6.07) is 5.15. The van der Waals surface area contributed by atoms with Crippen molar-refractivity contribution in [1.29, 1.82) is 0 Å². The predicted octanol–water partition coefficient (Wildman–Crippen LogP) is 2.65. The van der Waals surface area contributed by atoms with E-state index in [0.717, 1.165) is 25.5 Å². The highest BCUT2D eigenvalue weighted by molar-refractivity contribution is 5.79. The van der Waals surface area contributed by atoms with E-state index in [1.165, 1.54) is 18.2 Å². The molecule has 1 aromatic rings. The summed E-state index contributed by atoms with van der Waals surface area (Å²) in [5.41, 5.74) is -0.785. The van der Waals surface area contributed by atoms with Crippen molar-refractivity contribution in [2.24, 2.45) is 4.99 Å². The second kappa shape index (κ2) is 10.8. The number of halogens is 3. The number of hydrogen-bond acceptors (Lipinski definition) is 3. The lowest BCUT2D eigenvalue weighted by Gasteiger charge is -2.16. The Kier molecular flexibility index (Phi) is 8.41. The lowest BCUT2D eigenvalue weighted by atomic mass is 10.2. The molecule has 6 nitrogen and oxygen atoms in total. The molecular formula is C19H27F3N4O2. The Morgan fingerprint density at radius 1 is 1.29 bits per heavy atom. The van der Waals surface area contributed by atoms with Gasteiger partial charge in [0.15, 0.2) is 5.96 Å². The van der Waals surface area contributed by atoms with Crippen LogP contribution in [0.1, 0.15) is 31.7 Å². The number of nitrogens with zero attached hydrogens (tertiary/aromatic N) is 2. The topological polar surface area (TPSA) is 66.0 Å². The van der Waals surface area contributed by atoms with Crippen LogP contribution in [0.2, 0.25) is 0 Å². The second-order valence-electron chi connectivity index (χ2n) is 6.37. The van der Waals surface area contributed by atoms with Crippen LogP contribution >= 0.6 is 0 Å². The standard InChI is InChI=1S/C19H27F3N4O2/c1-2-23-18(24-10-6-13-26-12-5-9-17(26)27)25-11-14-28-16-8-4-3-7-15(16)19(20,21)22/h3-4,7-8H,2,5-6,9-14H2,1H3,(H2,23,24,25). The molecule has 0 bridgehead atoms. The van der Waals surface area contributed by atoms with E-state index in [1.807, 2.05) is 11.8 Å². The van der Waals surface area contributed by atoms with Crippen LogP contribution in [0.25, 0.3) is 0 Å². The molecule has 2 rings (SSSR count). The van der Waals surface area contributed by atoms with Crippen molar-refractivity contribution in [1.82, 2.24) is 15.5 Å². The van der Waals surface area contributed by atoms with Gasteiger partial charge < -0.3 is 20.3 Å². The zero-order valence-corrected chi connectivity index (χ0v) is 16.0. The minimum absolute atomic E-state index is 0.0692. The highest BCUT2D eigenvalue weighted by atomic mass is 19.4. The van der Waals surface area contributed by atoms with Crippen LogP contribution in [0.3, 0.4) is 0 Å². The average Bonchev–Trinajstić information content (AvgIpc) is 3.06. The molecule has 2 N–H and O–H groups in total. The maximum Gasteiger partial charge on any atom is 0.419 e. The summed E-state index contributed by atoms with van der Waals surface area (Å²) in [5, 5.41) is 6.12. The molecule has 28 heavy (non-hydrogen) atoms. The maximum atomic E-state index is 12.9. The van der Waals surface area contributed by atoms with Crippen LogP contribution in [0.5, 0.6) is 5.75 Å². The molecule has 1 saturated heterocycles. The van der Waals surface area contributed by atoms with Crippen molar-refractivity contribution in [3.63, 3.8) is 0 Å². The Morgan fingerprint density at radius 2 is 2.07 bits per heavy atom. The fraction of sp³-hybridized carbons (Fsp3) is 0.579. The van der Waals surface area contributed by atoms with Crippen molar-refractivity contribution < 1.29 is 22.7 Å². The van der Waals surface area contributed by atoms with Gasteiger partial charge in [0.05, 0.1) is 12.1 Å². The number of hydrogen-bond donors (Lipinski definition) is 2.